The van der Waals surface area contributed by atoms with E-state index in [1.807, 2.05) is 83.0 Å². The minimum atomic E-state index is -0.142. The second-order valence-corrected chi connectivity index (χ2v) is 15.1. The zero-order valence-corrected chi connectivity index (χ0v) is 33.2. The van der Waals surface area contributed by atoms with Gasteiger partial charge in [-0.2, -0.15) is 30.3 Å². The molecule has 0 saturated heterocycles. The van der Waals surface area contributed by atoms with Crippen LogP contribution in [-0.2, 0) is 38.0 Å². The molecule has 0 saturated carbocycles. The van der Waals surface area contributed by atoms with Gasteiger partial charge in [-0.05, 0) is 34.9 Å². The summed E-state index contributed by atoms with van der Waals surface area (Å²) in [7, 11) is 2.00. The first kappa shape index (κ1) is 35.9. The number of pyridine rings is 2. The van der Waals surface area contributed by atoms with E-state index in [9.17, 15) is 0 Å². The van der Waals surface area contributed by atoms with Crippen molar-refractivity contribution in [2.45, 2.75) is 52.4 Å². The molecule has 9 aromatic rings. The number of hydrogen-bond donors (Lipinski definition) is 0. The molecule has 5 aromatic heterocycles. The van der Waals surface area contributed by atoms with E-state index in [1.54, 1.807) is 0 Å². The average Bonchev–Trinajstić information content (AvgIpc) is 3.86. The van der Waals surface area contributed by atoms with E-state index in [0.29, 0.717) is 0 Å². The second kappa shape index (κ2) is 13.8. The van der Waals surface area contributed by atoms with Gasteiger partial charge in [0.1, 0.15) is 16.8 Å². The summed E-state index contributed by atoms with van der Waals surface area (Å²) in [6, 6.07) is 39.0. The summed E-state index contributed by atoms with van der Waals surface area (Å²) in [5, 5.41) is 2.05. The fraction of sp³-hybridized carbons (Fsp3) is 0.200. The zero-order valence-electron chi connectivity index (χ0n) is 30.8. The number of rotatable bonds is 3. The molecule has 5 heterocycles. The third-order valence-corrected chi connectivity index (χ3v) is 9.34. The number of fused-ring (bicyclic) bond motifs is 5. The third kappa shape index (κ3) is 6.81. The van der Waals surface area contributed by atoms with Crippen LogP contribution >= 0.6 is 0 Å². The normalized spacial score (nSPS) is 11.9. The van der Waals surface area contributed by atoms with Crippen LogP contribution in [0.4, 0.5) is 0 Å². The number of hydrogen-bond acceptors (Lipinski definition) is 5. The number of benzene rings is 4. The van der Waals surface area contributed by atoms with Gasteiger partial charge in [0.15, 0.2) is 12.0 Å². The van der Waals surface area contributed by atoms with Crippen LogP contribution in [0.15, 0.2) is 118 Å². The summed E-state index contributed by atoms with van der Waals surface area (Å²) >= 11 is 0. The van der Waals surface area contributed by atoms with Crippen LogP contribution in [0.3, 0.4) is 0 Å². The van der Waals surface area contributed by atoms with Crippen molar-refractivity contribution in [2.24, 2.45) is 7.05 Å². The van der Waals surface area contributed by atoms with Gasteiger partial charge in [-0.1, -0.05) is 101 Å². The Kier molecular flexibility index (Phi) is 9.39. The van der Waals surface area contributed by atoms with E-state index in [2.05, 4.69) is 101 Å². The number of furan rings is 1. The smallest absolute Gasteiger partial charge is 0.498 e. The van der Waals surface area contributed by atoms with Gasteiger partial charge in [0, 0.05) is 28.3 Å². The van der Waals surface area contributed by atoms with Gasteiger partial charge in [0.05, 0.1) is 23.7 Å². The van der Waals surface area contributed by atoms with E-state index in [-0.39, 0.29) is 30.9 Å². The van der Waals surface area contributed by atoms with E-state index in [1.165, 1.54) is 17.5 Å². The number of aryl methyl sites for hydroxylation is 1. The third-order valence-electron chi connectivity index (χ3n) is 9.34. The van der Waals surface area contributed by atoms with Gasteiger partial charge in [-0.3, -0.25) is 0 Å². The molecular weight excluding hydrogens is 835 g/mol. The molecule has 7 nitrogen and oxygen atoms in total. The fourth-order valence-corrected chi connectivity index (χ4v) is 6.40. The molecule has 264 valence electrons. The summed E-state index contributed by atoms with van der Waals surface area (Å²) in [4.78, 5) is 14.1. The molecule has 0 N–H and O–H groups in total. The molecule has 0 radical (unpaired) electrons. The van der Waals surface area contributed by atoms with Crippen molar-refractivity contribution in [3.63, 3.8) is 0 Å². The Bertz CT molecular complexity index is 2710. The Morgan fingerprint density at radius 2 is 1.57 bits per heavy atom. The van der Waals surface area contributed by atoms with Gasteiger partial charge in [0.25, 0.3) is 0 Å². The maximum atomic E-state index is 6.60. The van der Waals surface area contributed by atoms with Crippen LogP contribution in [0.2, 0.25) is 0 Å². The van der Waals surface area contributed by atoms with E-state index in [4.69, 9.17) is 18.8 Å². The molecular formula is C45H39IrN5O2+. The summed E-state index contributed by atoms with van der Waals surface area (Å²) in [5.74, 6) is 0. The van der Waals surface area contributed by atoms with Crippen LogP contribution in [0.1, 0.15) is 52.8 Å². The van der Waals surface area contributed by atoms with Gasteiger partial charge >= 0.3 is 20.1 Å². The van der Waals surface area contributed by atoms with E-state index >= 15 is 0 Å². The molecule has 53 heavy (non-hydrogen) atoms. The van der Waals surface area contributed by atoms with Crippen molar-refractivity contribution >= 4 is 44.1 Å². The molecule has 0 atom stereocenters. The first-order valence-corrected chi connectivity index (χ1v) is 17.4. The minimum Gasteiger partial charge on any atom is -0.498 e. The topological polar surface area (TPSA) is 73.8 Å². The van der Waals surface area contributed by atoms with Crippen molar-refractivity contribution < 1.29 is 33.5 Å². The molecule has 0 aliphatic rings. The Balaban J connectivity index is 0.000000214. The van der Waals surface area contributed by atoms with Crippen molar-refractivity contribution in [1.29, 1.82) is 0 Å². The number of oxazole rings is 1. The molecule has 9 rings (SSSR count). The van der Waals surface area contributed by atoms with Gasteiger partial charge in [-0.15, -0.1) is 18.2 Å². The molecule has 0 bridgehead atoms. The zero-order chi connectivity index (χ0) is 36.2. The number of aromatic nitrogens is 5. The summed E-state index contributed by atoms with van der Waals surface area (Å²) in [5.41, 5.74) is 11.8. The van der Waals surface area contributed by atoms with Gasteiger partial charge in [-0.25, -0.2) is 9.97 Å². The fourth-order valence-electron chi connectivity index (χ4n) is 6.40. The van der Waals surface area contributed by atoms with Crippen LogP contribution in [0.25, 0.3) is 72.3 Å². The number of para-hydroxylation sites is 3. The number of imidazole rings is 1. The molecule has 0 unspecified atom stereocenters. The maximum absolute atomic E-state index is 6.60. The Morgan fingerprint density at radius 1 is 0.755 bits per heavy atom. The van der Waals surface area contributed by atoms with Crippen molar-refractivity contribution in [3.05, 3.63) is 139 Å². The monoisotopic (exact) mass is 874 g/mol. The standard InChI is InChI=1S/C31H28N3O2.C14H11N2.Ir/c1-30(2,3)19-11-13-23(32-16-19)21-9-7-8-20-22-15-26(31(4,5)6)34-27(29(22)36-28(20)21)18-10-12-24-25(14-18)35-17-33-24;1-15-11-16(12-7-3-2-4-8-12)14-10-6-5-9-13(14)15;/h7-8,10-17H,1-6H3;2-7,9-10H,1H3;/q2*-1;+3. The van der Waals surface area contributed by atoms with Crippen LogP contribution in [0.5, 0.6) is 0 Å². The Labute approximate surface area is 322 Å². The quantitative estimate of drug-likeness (QED) is 0.131. The summed E-state index contributed by atoms with van der Waals surface area (Å²) in [6.07, 6.45) is 6.68. The van der Waals surface area contributed by atoms with Gasteiger partial charge < -0.3 is 23.0 Å². The van der Waals surface area contributed by atoms with Crippen LogP contribution < -0.4 is 4.57 Å². The van der Waals surface area contributed by atoms with Gasteiger partial charge in [0.2, 0.25) is 6.33 Å². The molecule has 8 heteroatoms. The van der Waals surface area contributed by atoms with E-state index < -0.39 is 0 Å². The molecule has 4 aromatic carbocycles. The van der Waals surface area contributed by atoms with Crippen molar-refractivity contribution in [1.82, 2.24) is 19.5 Å². The SMILES string of the molecule is CC(C)(C)c1ccc(-c2[c-]ccc3c2oc2c(-c4ccc5ncoc5c4)nc(C(C)(C)C)cc23)nc1.C[n+]1[c-]n(-c2[c-]cccc2)c2ccccc21.[Ir+3]. The predicted molar refractivity (Wildman–Crippen MR) is 206 cm³/mol. The molecule has 0 aliphatic carbocycles. The van der Waals surface area contributed by atoms with Crippen LogP contribution in [-0.4, -0.2) is 19.5 Å². The predicted octanol–water partition coefficient (Wildman–Crippen LogP) is 10.3. The Morgan fingerprint density at radius 3 is 2.30 bits per heavy atom. The molecule has 0 fully saturated rings. The largest absolute Gasteiger partial charge is 3.00 e. The summed E-state index contributed by atoms with van der Waals surface area (Å²) < 4.78 is 16.2. The summed E-state index contributed by atoms with van der Waals surface area (Å²) in [6.45, 7) is 13.1. The van der Waals surface area contributed by atoms with Crippen molar-refractivity contribution in [2.75, 3.05) is 0 Å². The number of nitrogens with zero attached hydrogens (tertiary/aromatic N) is 5. The second-order valence-electron chi connectivity index (χ2n) is 15.1. The molecule has 0 spiro atoms. The maximum Gasteiger partial charge on any atom is 3.00 e. The first-order chi connectivity index (χ1) is 25.0. The molecule has 0 aliphatic heterocycles. The van der Waals surface area contributed by atoms with Crippen molar-refractivity contribution in [3.8, 4) is 28.2 Å². The first-order valence-electron chi connectivity index (χ1n) is 17.4. The van der Waals surface area contributed by atoms with E-state index in [0.717, 1.165) is 72.5 Å². The average molecular weight is 874 g/mol. The Hall–Kier alpha value is -5.43. The van der Waals surface area contributed by atoms with Crippen LogP contribution in [0, 0.1) is 18.5 Å². The molecule has 0 amide bonds. The minimum absolute atomic E-state index is 0.